The molecule has 0 saturated heterocycles. The summed E-state index contributed by atoms with van der Waals surface area (Å²) in [5.74, 6) is 0. The molecule has 6 heteroatoms. The summed E-state index contributed by atoms with van der Waals surface area (Å²) >= 11 is 0. The maximum atomic E-state index is 12.4. The van der Waals surface area contributed by atoms with E-state index < -0.39 is 17.1 Å². The Labute approximate surface area is 136 Å². The Bertz CT molecular complexity index is 646. The van der Waals surface area contributed by atoms with E-state index in [-0.39, 0.29) is 13.1 Å². The Morgan fingerprint density at radius 3 is 1.65 bits per heavy atom. The Balaban J connectivity index is 3.03. The van der Waals surface area contributed by atoms with E-state index >= 15 is 0 Å². The average Bonchev–Trinajstić information content (AvgIpc) is 2.54. The summed E-state index contributed by atoms with van der Waals surface area (Å²) in [6, 6.07) is 0. The fourth-order valence-electron chi connectivity index (χ4n) is 2.49. The first-order valence-electron chi connectivity index (χ1n) is 8.24. The van der Waals surface area contributed by atoms with E-state index in [9.17, 15) is 14.4 Å². The lowest BCUT2D eigenvalue weighted by atomic mass is 10.1. The molecule has 0 N–H and O–H groups in total. The van der Waals surface area contributed by atoms with Crippen molar-refractivity contribution in [2.24, 2.45) is 0 Å². The Morgan fingerprint density at radius 1 is 0.739 bits per heavy atom. The summed E-state index contributed by atoms with van der Waals surface area (Å²) in [6.45, 7) is 9.78. The summed E-state index contributed by atoms with van der Waals surface area (Å²) in [4.78, 5) is 36.9. The van der Waals surface area contributed by atoms with Gasteiger partial charge >= 0.3 is 17.1 Å². The first-order chi connectivity index (χ1) is 11.1. The third kappa shape index (κ3) is 4.94. The minimum Gasteiger partial charge on any atom is -0.247 e. The molecule has 0 atom stereocenters. The number of aromatic nitrogens is 3. The molecule has 0 aliphatic rings. The standard InChI is InChI=1S/C17H27N3O3/c1-4-7-8-9-10-11-14-20-16(22)18(12-5-2)15(21)19(13-6-3)17(20)23/h5-6H,2-4,7-14H2,1H3. The van der Waals surface area contributed by atoms with Crippen LogP contribution in [0.3, 0.4) is 0 Å². The predicted octanol–water partition coefficient (Wildman–Crippen LogP) is 1.90. The second-order valence-electron chi connectivity index (χ2n) is 5.57. The summed E-state index contributed by atoms with van der Waals surface area (Å²) in [5.41, 5.74) is -1.73. The highest BCUT2D eigenvalue weighted by Gasteiger charge is 2.13. The molecule has 0 aliphatic carbocycles. The lowest BCUT2D eigenvalue weighted by molar-refractivity contribution is 0.457. The van der Waals surface area contributed by atoms with E-state index in [4.69, 9.17) is 0 Å². The molecule has 1 heterocycles. The molecule has 6 nitrogen and oxygen atoms in total. The van der Waals surface area contributed by atoms with Gasteiger partial charge in [0, 0.05) is 6.54 Å². The summed E-state index contributed by atoms with van der Waals surface area (Å²) in [6.07, 6.45) is 9.31. The number of unbranched alkanes of at least 4 members (excludes halogenated alkanes) is 5. The monoisotopic (exact) mass is 321 g/mol. The van der Waals surface area contributed by atoms with Gasteiger partial charge in [0.25, 0.3) is 0 Å². The smallest absolute Gasteiger partial charge is 0.247 e. The first-order valence-corrected chi connectivity index (χ1v) is 8.24. The predicted molar refractivity (Wildman–Crippen MR) is 93.0 cm³/mol. The molecule has 1 aromatic heterocycles. The van der Waals surface area contributed by atoms with Gasteiger partial charge in [-0.05, 0) is 6.42 Å². The highest BCUT2D eigenvalue weighted by molar-refractivity contribution is 4.84. The van der Waals surface area contributed by atoms with Crippen molar-refractivity contribution < 1.29 is 0 Å². The minimum atomic E-state index is -0.612. The van der Waals surface area contributed by atoms with Crippen LogP contribution in [-0.2, 0) is 19.6 Å². The van der Waals surface area contributed by atoms with Crippen LogP contribution in [-0.4, -0.2) is 13.7 Å². The fourth-order valence-corrected chi connectivity index (χ4v) is 2.49. The molecule has 0 aromatic carbocycles. The molecular weight excluding hydrogens is 294 g/mol. The van der Waals surface area contributed by atoms with Crippen molar-refractivity contribution in [1.29, 1.82) is 0 Å². The molecular formula is C17H27N3O3. The van der Waals surface area contributed by atoms with Crippen LogP contribution < -0.4 is 17.1 Å². The zero-order chi connectivity index (χ0) is 17.2. The molecule has 0 radical (unpaired) electrons. The SMILES string of the molecule is C=CCn1c(=O)n(CC=C)c(=O)n(CCCCCCCC)c1=O. The van der Waals surface area contributed by atoms with E-state index in [1.165, 1.54) is 31.4 Å². The molecule has 0 spiro atoms. The normalized spacial score (nSPS) is 10.7. The molecule has 0 unspecified atom stereocenters. The molecule has 0 saturated carbocycles. The second-order valence-corrected chi connectivity index (χ2v) is 5.57. The van der Waals surface area contributed by atoms with Gasteiger partial charge in [-0.25, -0.2) is 28.1 Å². The zero-order valence-electron chi connectivity index (χ0n) is 14.0. The average molecular weight is 321 g/mol. The number of nitrogens with zero attached hydrogens (tertiary/aromatic N) is 3. The Hall–Kier alpha value is -2.11. The lowest BCUT2D eigenvalue weighted by Gasteiger charge is -2.12. The van der Waals surface area contributed by atoms with Crippen LogP contribution in [0.1, 0.15) is 45.4 Å². The van der Waals surface area contributed by atoms with Crippen LogP contribution >= 0.6 is 0 Å². The van der Waals surface area contributed by atoms with Gasteiger partial charge in [0.15, 0.2) is 0 Å². The third-order valence-electron chi connectivity index (χ3n) is 3.74. The van der Waals surface area contributed by atoms with Gasteiger partial charge in [-0.3, -0.25) is 0 Å². The van der Waals surface area contributed by atoms with Crippen LogP contribution in [0.2, 0.25) is 0 Å². The van der Waals surface area contributed by atoms with Crippen LogP contribution in [0, 0.1) is 0 Å². The molecule has 1 rings (SSSR count). The van der Waals surface area contributed by atoms with Crippen LogP contribution in [0.5, 0.6) is 0 Å². The van der Waals surface area contributed by atoms with E-state index in [1.807, 2.05) is 0 Å². The number of hydrogen-bond acceptors (Lipinski definition) is 3. The molecule has 128 valence electrons. The van der Waals surface area contributed by atoms with Crippen molar-refractivity contribution in [3.63, 3.8) is 0 Å². The summed E-state index contributed by atoms with van der Waals surface area (Å²) < 4.78 is 3.22. The second kappa shape index (κ2) is 9.82. The van der Waals surface area contributed by atoms with E-state index in [0.717, 1.165) is 33.0 Å². The highest BCUT2D eigenvalue weighted by Crippen LogP contribution is 2.05. The van der Waals surface area contributed by atoms with Gasteiger partial charge in [-0.1, -0.05) is 51.2 Å². The molecule has 0 fully saturated rings. The van der Waals surface area contributed by atoms with Crippen molar-refractivity contribution in [3.05, 3.63) is 56.8 Å². The maximum Gasteiger partial charge on any atom is 0.336 e. The van der Waals surface area contributed by atoms with Gasteiger partial charge in [-0.15, -0.1) is 13.2 Å². The highest BCUT2D eigenvalue weighted by atomic mass is 16.2. The summed E-state index contributed by atoms with van der Waals surface area (Å²) in [7, 11) is 0. The van der Waals surface area contributed by atoms with Gasteiger partial charge in [0.05, 0.1) is 13.1 Å². The number of rotatable bonds is 11. The van der Waals surface area contributed by atoms with Crippen LogP contribution in [0.4, 0.5) is 0 Å². The fraction of sp³-hybridized carbons (Fsp3) is 0.588. The zero-order valence-corrected chi connectivity index (χ0v) is 14.0. The maximum absolute atomic E-state index is 12.4. The third-order valence-corrected chi connectivity index (χ3v) is 3.74. The van der Waals surface area contributed by atoms with Gasteiger partial charge in [-0.2, -0.15) is 0 Å². The number of allylic oxidation sites excluding steroid dienone is 2. The first kappa shape index (κ1) is 18.9. The Morgan fingerprint density at radius 2 is 1.17 bits per heavy atom. The van der Waals surface area contributed by atoms with Crippen molar-refractivity contribution >= 4 is 0 Å². The molecule has 23 heavy (non-hydrogen) atoms. The number of hydrogen-bond donors (Lipinski definition) is 0. The van der Waals surface area contributed by atoms with Gasteiger partial charge in [0.1, 0.15) is 0 Å². The van der Waals surface area contributed by atoms with E-state index in [1.54, 1.807) is 0 Å². The van der Waals surface area contributed by atoms with E-state index in [0.29, 0.717) is 6.54 Å². The van der Waals surface area contributed by atoms with Crippen molar-refractivity contribution in [3.8, 4) is 0 Å². The van der Waals surface area contributed by atoms with Gasteiger partial charge in [0.2, 0.25) is 0 Å². The van der Waals surface area contributed by atoms with Crippen molar-refractivity contribution in [2.45, 2.75) is 65.1 Å². The molecule has 0 amide bonds. The molecule has 1 aromatic rings. The van der Waals surface area contributed by atoms with Crippen molar-refractivity contribution in [2.75, 3.05) is 0 Å². The minimum absolute atomic E-state index is 0.0889. The Kier molecular flexibility index (Phi) is 8.08. The quantitative estimate of drug-likeness (QED) is 0.462. The summed E-state index contributed by atoms with van der Waals surface area (Å²) in [5, 5.41) is 0. The van der Waals surface area contributed by atoms with Gasteiger partial charge < -0.3 is 0 Å². The van der Waals surface area contributed by atoms with Crippen LogP contribution in [0.25, 0.3) is 0 Å². The lowest BCUT2D eigenvalue weighted by Crippen LogP contribution is -2.54. The molecule has 0 bridgehead atoms. The van der Waals surface area contributed by atoms with Crippen molar-refractivity contribution in [1.82, 2.24) is 13.7 Å². The topological polar surface area (TPSA) is 66.0 Å². The van der Waals surface area contributed by atoms with E-state index in [2.05, 4.69) is 20.1 Å². The molecule has 0 aliphatic heterocycles. The van der Waals surface area contributed by atoms with Crippen LogP contribution in [0.15, 0.2) is 39.7 Å². The largest absolute Gasteiger partial charge is 0.336 e.